The number of methoxy groups -OCH3 is 1. The molecule has 0 saturated carbocycles. The summed E-state index contributed by atoms with van der Waals surface area (Å²) < 4.78 is 6.70. The lowest BCUT2D eigenvalue weighted by atomic mass is 10.0. The maximum Gasteiger partial charge on any atom is 0.267 e. The van der Waals surface area contributed by atoms with Crippen molar-refractivity contribution in [1.29, 1.82) is 0 Å². The van der Waals surface area contributed by atoms with Crippen molar-refractivity contribution in [2.75, 3.05) is 25.1 Å². The van der Waals surface area contributed by atoms with Crippen LogP contribution in [0.4, 0.5) is 5.69 Å². The summed E-state index contributed by atoms with van der Waals surface area (Å²) in [5, 5.41) is 7.45. The molecule has 1 atom stereocenters. The first-order valence-corrected chi connectivity index (χ1v) is 10.4. The van der Waals surface area contributed by atoms with Crippen molar-refractivity contribution in [3.8, 4) is 17.0 Å². The zero-order valence-electron chi connectivity index (χ0n) is 17.5. The standard InChI is InChI=1S/C24H26N4O3/c1-31-22-12-6-5-11-21(22)27-15-7-10-19(16-27)25-23(29)17-28-24(30)14-13-20(26-28)18-8-3-2-4-9-18/h2-6,8-9,11-14,19H,7,10,15-17H2,1H3,(H,25,29). The highest BCUT2D eigenvalue weighted by molar-refractivity contribution is 5.76. The summed E-state index contributed by atoms with van der Waals surface area (Å²) in [6.45, 7) is 1.50. The van der Waals surface area contributed by atoms with Crippen molar-refractivity contribution in [2.45, 2.75) is 25.4 Å². The van der Waals surface area contributed by atoms with Crippen LogP contribution in [-0.4, -0.2) is 41.9 Å². The molecule has 2 aromatic carbocycles. The number of rotatable bonds is 6. The Kier molecular flexibility index (Phi) is 6.31. The van der Waals surface area contributed by atoms with Crippen LogP contribution in [0.3, 0.4) is 0 Å². The Morgan fingerprint density at radius 3 is 2.68 bits per heavy atom. The van der Waals surface area contributed by atoms with E-state index in [1.807, 2.05) is 54.6 Å². The van der Waals surface area contributed by atoms with Crippen LogP contribution >= 0.6 is 0 Å². The van der Waals surface area contributed by atoms with E-state index in [4.69, 9.17) is 4.74 Å². The molecular weight excluding hydrogens is 392 g/mol. The van der Waals surface area contributed by atoms with E-state index in [9.17, 15) is 9.59 Å². The molecule has 7 nitrogen and oxygen atoms in total. The van der Waals surface area contributed by atoms with Crippen LogP contribution in [0.1, 0.15) is 12.8 Å². The van der Waals surface area contributed by atoms with Gasteiger partial charge < -0.3 is 15.0 Å². The number of amides is 1. The van der Waals surface area contributed by atoms with E-state index >= 15 is 0 Å². The number of para-hydroxylation sites is 2. The maximum absolute atomic E-state index is 12.7. The van der Waals surface area contributed by atoms with Gasteiger partial charge in [-0.2, -0.15) is 5.10 Å². The van der Waals surface area contributed by atoms with Gasteiger partial charge in [-0.25, -0.2) is 4.68 Å². The minimum absolute atomic E-state index is 0.000768. The first kappa shape index (κ1) is 20.7. The van der Waals surface area contributed by atoms with Crippen molar-refractivity contribution in [3.63, 3.8) is 0 Å². The van der Waals surface area contributed by atoms with Gasteiger partial charge in [0.25, 0.3) is 5.56 Å². The number of benzene rings is 2. The fourth-order valence-electron chi connectivity index (χ4n) is 3.94. The van der Waals surface area contributed by atoms with E-state index in [1.54, 1.807) is 13.2 Å². The number of piperidine rings is 1. The van der Waals surface area contributed by atoms with E-state index in [0.29, 0.717) is 12.2 Å². The van der Waals surface area contributed by atoms with E-state index in [1.165, 1.54) is 10.7 Å². The van der Waals surface area contributed by atoms with E-state index < -0.39 is 0 Å². The predicted molar refractivity (Wildman–Crippen MR) is 120 cm³/mol. The Bertz CT molecular complexity index is 1100. The van der Waals surface area contributed by atoms with Gasteiger partial charge in [0, 0.05) is 30.8 Å². The van der Waals surface area contributed by atoms with E-state index in [0.717, 1.165) is 36.4 Å². The van der Waals surface area contributed by atoms with Crippen LogP contribution < -0.4 is 20.5 Å². The monoisotopic (exact) mass is 418 g/mol. The van der Waals surface area contributed by atoms with Gasteiger partial charge in [0.05, 0.1) is 18.5 Å². The molecule has 7 heteroatoms. The Morgan fingerprint density at radius 2 is 1.87 bits per heavy atom. The molecule has 1 N–H and O–H groups in total. The summed E-state index contributed by atoms with van der Waals surface area (Å²) in [7, 11) is 1.66. The van der Waals surface area contributed by atoms with E-state index in [-0.39, 0.29) is 24.1 Å². The molecular formula is C24H26N4O3. The summed E-state index contributed by atoms with van der Waals surface area (Å²) >= 11 is 0. The average Bonchev–Trinajstić information content (AvgIpc) is 2.81. The topological polar surface area (TPSA) is 76.5 Å². The van der Waals surface area contributed by atoms with Crippen LogP contribution in [0.5, 0.6) is 5.75 Å². The quantitative estimate of drug-likeness (QED) is 0.666. The number of anilines is 1. The van der Waals surface area contributed by atoms with Crippen LogP contribution in [-0.2, 0) is 11.3 Å². The van der Waals surface area contributed by atoms with Gasteiger partial charge in [-0.3, -0.25) is 9.59 Å². The molecule has 0 bridgehead atoms. The third-order valence-electron chi connectivity index (χ3n) is 5.44. The molecule has 1 amide bonds. The van der Waals surface area contributed by atoms with Crippen LogP contribution in [0.25, 0.3) is 11.3 Å². The van der Waals surface area contributed by atoms with Gasteiger partial charge in [-0.15, -0.1) is 0 Å². The van der Waals surface area contributed by atoms with Gasteiger partial charge in [-0.05, 0) is 31.0 Å². The number of hydrogen-bond acceptors (Lipinski definition) is 5. The Balaban J connectivity index is 1.42. The molecule has 31 heavy (non-hydrogen) atoms. The van der Waals surface area contributed by atoms with Gasteiger partial charge >= 0.3 is 0 Å². The molecule has 1 aliphatic rings. The second-order valence-corrected chi connectivity index (χ2v) is 7.61. The SMILES string of the molecule is COc1ccccc1N1CCCC(NC(=O)Cn2nc(-c3ccccc3)ccc2=O)C1. The minimum atomic E-state index is -0.297. The maximum atomic E-state index is 12.7. The van der Waals surface area contributed by atoms with Crippen molar-refractivity contribution >= 4 is 11.6 Å². The van der Waals surface area contributed by atoms with Crippen LogP contribution in [0.15, 0.2) is 71.5 Å². The zero-order valence-corrected chi connectivity index (χ0v) is 17.5. The second-order valence-electron chi connectivity index (χ2n) is 7.61. The third-order valence-corrected chi connectivity index (χ3v) is 5.44. The summed E-state index contributed by atoms with van der Waals surface area (Å²) in [6.07, 6.45) is 1.86. The van der Waals surface area contributed by atoms with Gasteiger partial charge in [0.1, 0.15) is 12.3 Å². The second kappa shape index (κ2) is 9.47. The molecule has 1 aliphatic heterocycles. The molecule has 4 rings (SSSR count). The summed E-state index contributed by atoms with van der Waals surface area (Å²) in [4.78, 5) is 27.2. The smallest absolute Gasteiger partial charge is 0.267 e. The van der Waals surface area contributed by atoms with Crippen molar-refractivity contribution in [3.05, 3.63) is 77.1 Å². The lowest BCUT2D eigenvalue weighted by Gasteiger charge is -2.35. The lowest BCUT2D eigenvalue weighted by molar-refractivity contribution is -0.122. The molecule has 160 valence electrons. The van der Waals surface area contributed by atoms with Crippen molar-refractivity contribution in [1.82, 2.24) is 15.1 Å². The number of carbonyl (C=O) groups excluding carboxylic acids is 1. The highest BCUT2D eigenvalue weighted by Crippen LogP contribution is 2.29. The van der Waals surface area contributed by atoms with Crippen LogP contribution in [0, 0.1) is 0 Å². The number of carbonyl (C=O) groups is 1. The fourth-order valence-corrected chi connectivity index (χ4v) is 3.94. The van der Waals surface area contributed by atoms with Gasteiger partial charge in [0.2, 0.25) is 5.91 Å². The zero-order chi connectivity index (χ0) is 21.6. The molecule has 1 aromatic heterocycles. The Morgan fingerprint density at radius 1 is 1.10 bits per heavy atom. The Labute approximate surface area is 181 Å². The van der Waals surface area contributed by atoms with Gasteiger partial charge in [-0.1, -0.05) is 42.5 Å². The number of hydrogen-bond donors (Lipinski definition) is 1. The van der Waals surface area contributed by atoms with Crippen molar-refractivity contribution < 1.29 is 9.53 Å². The van der Waals surface area contributed by atoms with Crippen LogP contribution in [0.2, 0.25) is 0 Å². The van der Waals surface area contributed by atoms with E-state index in [2.05, 4.69) is 15.3 Å². The molecule has 0 radical (unpaired) electrons. The lowest BCUT2D eigenvalue weighted by Crippen LogP contribution is -2.49. The summed E-state index contributed by atoms with van der Waals surface area (Å²) in [5.74, 6) is 0.606. The molecule has 2 heterocycles. The van der Waals surface area contributed by atoms with Crippen molar-refractivity contribution in [2.24, 2.45) is 0 Å². The number of aromatic nitrogens is 2. The summed E-state index contributed by atoms with van der Waals surface area (Å²) in [6, 6.07) is 20.6. The molecule has 0 spiro atoms. The highest BCUT2D eigenvalue weighted by Gasteiger charge is 2.23. The highest BCUT2D eigenvalue weighted by atomic mass is 16.5. The molecule has 1 saturated heterocycles. The number of nitrogens with one attached hydrogen (secondary N) is 1. The first-order chi connectivity index (χ1) is 15.1. The molecule has 0 aliphatic carbocycles. The summed E-state index contributed by atoms with van der Waals surface area (Å²) in [5.41, 5.74) is 2.29. The Hall–Kier alpha value is -3.61. The fraction of sp³-hybridized carbons (Fsp3) is 0.292. The number of nitrogens with zero attached hydrogens (tertiary/aromatic N) is 3. The molecule has 3 aromatic rings. The third kappa shape index (κ3) is 4.94. The minimum Gasteiger partial charge on any atom is -0.495 e. The molecule has 1 fully saturated rings. The molecule has 1 unspecified atom stereocenters. The number of ether oxygens (including phenoxy) is 1. The normalized spacial score (nSPS) is 16.0. The average molecular weight is 418 g/mol. The van der Waals surface area contributed by atoms with Gasteiger partial charge in [0.15, 0.2) is 0 Å². The first-order valence-electron chi connectivity index (χ1n) is 10.4. The predicted octanol–water partition coefficient (Wildman–Crippen LogP) is 2.70. The largest absolute Gasteiger partial charge is 0.495 e.